The van der Waals surface area contributed by atoms with Crippen molar-refractivity contribution in [2.24, 2.45) is 0 Å². The van der Waals surface area contributed by atoms with Gasteiger partial charge in [0.25, 0.3) is 0 Å². The minimum atomic E-state index is 0.666. The predicted octanol–water partition coefficient (Wildman–Crippen LogP) is 32.8. The molecule has 6 heterocycles. The summed E-state index contributed by atoms with van der Waals surface area (Å²) in [4.78, 5) is 31.8. The molecule has 628 valence electrons. The molecule has 0 bridgehead atoms. The molecule has 0 aliphatic heterocycles. The summed E-state index contributed by atoms with van der Waals surface area (Å²) in [7, 11) is 0. The summed E-state index contributed by atoms with van der Waals surface area (Å²) in [5.41, 5.74) is 25.0. The van der Waals surface area contributed by atoms with Crippen LogP contribution in [0, 0.1) is 0 Å². The van der Waals surface area contributed by atoms with E-state index in [0.29, 0.717) is 17.8 Å². The molecule has 6 aromatic heterocycles. The van der Waals surface area contributed by atoms with Crippen molar-refractivity contribution >= 4 is 163 Å². The van der Waals surface area contributed by atoms with Crippen molar-refractivity contribution in [3.05, 3.63) is 479 Å². The number of benzene rings is 22. The van der Waals surface area contributed by atoms with Crippen molar-refractivity contribution in [2.75, 3.05) is 0 Å². The van der Waals surface area contributed by atoms with E-state index in [1.165, 1.54) is 120 Å². The van der Waals surface area contributed by atoms with E-state index in [2.05, 4.69) is 475 Å². The molecule has 28 rings (SSSR count). The summed E-state index contributed by atoms with van der Waals surface area (Å²) < 4.78 is 6.69. The molecule has 0 spiro atoms. The first-order chi connectivity index (χ1) is 66.9. The molecular formula is C126H79N9. The SMILES string of the molecule is c1ccc(-c2ccc3c4ccccc4n(-c4nc(-c5ccccc5)c5ccc6ccccc6c5n4)c3c2)cc1.c1ccc(-c2nc(-n3c4ccccc4c4cc(-c5ccc6cc(-c7cccc8ccccc78)ccc6c5)ccc43)nc3c2ccc2ccccc23)cc1.c1ccc(-c2nc(-n3c4ccccc4c4cc(-c5ccc6ccccc6c5)ccc43)nc3c2ccc2ccccc23)cc1. The van der Waals surface area contributed by atoms with Gasteiger partial charge in [-0.15, -0.1) is 0 Å². The van der Waals surface area contributed by atoms with E-state index in [0.717, 1.165) is 121 Å². The van der Waals surface area contributed by atoms with E-state index in [-0.39, 0.29) is 0 Å². The maximum Gasteiger partial charge on any atom is 0.235 e. The summed E-state index contributed by atoms with van der Waals surface area (Å²) in [6, 6.07) is 170. The van der Waals surface area contributed by atoms with E-state index in [1.54, 1.807) is 0 Å². The maximum atomic E-state index is 5.34. The van der Waals surface area contributed by atoms with Crippen molar-refractivity contribution in [3.8, 4) is 96.1 Å². The molecule has 0 fully saturated rings. The number of rotatable bonds is 10. The lowest BCUT2D eigenvalue weighted by Gasteiger charge is -2.13. The second-order valence-electron chi connectivity index (χ2n) is 34.7. The van der Waals surface area contributed by atoms with Crippen LogP contribution in [-0.4, -0.2) is 43.6 Å². The van der Waals surface area contributed by atoms with Crippen molar-refractivity contribution in [1.82, 2.24) is 43.6 Å². The third-order valence-corrected chi connectivity index (χ3v) is 27.0. The molecule has 0 aliphatic rings. The van der Waals surface area contributed by atoms with Crippen LogP contribution < -0.4 is 0 Å². The van der Waals surface area contributed by atoms with Gasteiger partial charge in [0.15, 0.2) is 0 Å². The summed E-state index contributed by atoms with van der Waals surface area (Å²) >= 11 is 0. The van der Waals surface area contributed by atoms with Crippen molar-refractivity contribution in [3.63, 3.8) is 0 Å². The second kappa shape index (κ2) is 32.5. The molecule has 135 heavy (non-hydrogen) atoms. The fourth-order valence-corrected chi connectivity index (χ4v) is 20.5. The highest BCUT2D eigenvalue weighted by molar-refractivity contribution is 6.17. The Kier molecular flexibility index (Phi) is 18.7. The Balaban J connectivity index is 0.000000107. The standard InChI is InChI=1S/C50H31N3.C40H25N3.C36H23N3/c1-2-13-34(14-3-1)48-44-27-25-33-12-5-7-17-42(33)49(44)52-50(51-48)53-46-20-9-8-18-43(46)45-31-38(26-28-47(45)53)36-21-22-37-30-39(24-23-35(37)29-36)41-19-10-15-32-11-4-6-16-40(32)41;1-2-12-28(13-3-1)38-34-22-20-27-11-6-7-15-32(27)39(34)42-40(41-38)43-36-17-9-8-16-33(36)35-25-31(21-23-37(35)43)30-19-18-26-10-4-5-14-29(26)24-30;1-3-11-24(12-4-1)27-20-21-30-29-17-9-10-18-32(29)39(33(30)23-27)36-37-34(26-14-5-2-6-15-26)31-22-19-25-13-7-8-16-28(25)35(31)38-36/h1-31H;1-25H;1-23H. The van der Waals surface area contributed by atoms with Gasteiger partial charge in [-0.1, -0.05) is 394 Å². The second-order valence-corrected chi connectivity index (χ2v) is 34.7. The zero-order chi connectivity index (χ0) is 89.0. The summed E-state index contributed by atoms with van der Waals surface area (Å²) in [6.07, 6.45) is 0. The van der Waals surface area contributed by atoms with Crippen molar-refractivity contribution in [1.29, 1.82) is 0 Å². The molecule has 0 aliphatic carbocycles. The van der Waals surface area contributed by atoms with Crippen molar-refractivity contribution in [2.45, 2.75) is 0 Å². The van der Waals surface area contributed by atoms with E-state index >= 15 is 0 Å². The largest absolute Gasteiger partial charge is 0.278 e. The highest BCUT2D eigenvalue weighted by Gasteiger charge is 2.25. The number of aromatic nitrogens is 9. The quantitative estimate of drug-likeness (QED) is 0.127. The summed E-state index contributed by atoms with van der Waals surface area (Å²) in [5.74, 6) is 2.01. The molecule has 9 heteroatoms. The Hall–Kier alpha value is -18.2. The molecular weight excluding hydrogens is 1640 g/mol. The van der Waals surface area contributed by atoms with Crippen molar-refractivity contribution < 1.29 is 0 Å². The zero-order valence-electron chi connectivity index (χ0n) is 73.1. The van der Waals surface area contributed by atoms with Gasteiger partial charge in [0.2, 0.25) is 17.8 Å². The van der Waals surface area contributed by atoms with Gasteiger partial charge < -0.3 is 0 Å². The average molecular weight is 1720 g/mol. The minimum absolute atomic E-state index is 0.666. The lowest BCUT2D eigenvalue weighted by Crippen LogP contribution is -2.04. The molecule has 0 N–H and O–H groups in total. The Bertz CT molecular complexity index is 9640. The lowest BCUT2D eigenvalue weighted by atomic mass is 9.94. The fraction of sp³-hybridized carbons (Fsp3) is 0. The Morgan fingerprint density at radius 3 is 0.837 bits per heavy atom. The zero-order valence-corrected chi connectivity index (χ0v) is 73.1. The van der Waals surface area contributed by atoms with Crippen LogP contribution in [0.5, 0.6) is 0 Å². The summed E-state index contributed by atoms with van der Waals surface area (Å²) in [5, 5.41) is 24.6. The van der Waals surface area contributed by atoms with Crippen LogP contribution in [0.3, 0.4) is 0 Å². The number of fused-ring (bicyclic) bond motifs is 21. The van der Waals surface area contributed by atoms with Gasteiger partial charge in [0, 0.05) is 81.3 Å². The highest BCUT2D eigenvalue weighted by atomic mass is 15.2. The number of hydrogen-bond donors (Lipinski definition) is 0. The number of nitrogens with zero attached hydrogens (tertiary/aromatic N) is 9. The van der Waals surface area contributed by atoms with Crippen LogP contribution in [0.2, 0.25) is 0 Å². The van der Waals surface area contributed by atoms with E-state index in [4.69, 9.17) is 29.9 Å². The molecule has 0 saturated carbocycles. The van der Waals surface area contributed by atoms with Crippen LogP contribution in [0.25, 0.3) is 259 Å². The van der Waals surface area contributed by atoms with Gasteiger partial charge >= 0.3 is 0 Å². The number of hydrogen-bond acceptors (Lipinski definition) is 6. The first-order valence-electron chi connectivity index (χ1n) is 45.9. The van der Waals surface area contributed by atoms with Crippen LogP contribution in [0.15, 0.2) is 479 Å². The lowest BCUT2D eigenvalue weighted by molar-refractivity contribution is 1.01. The normalized spacial score (nSPS) is 11.7. The Labute approximate surface area is 776 Å². The van der Waals surface area contributed by atoms with Gasteiger partial charge in [0.1, 0.15) is 0 Å². The van der Waals surface area contributed by atoms with Crippen LogP contribution in [-0.2, 0) is 0 Å². The van der Waals surface area contributed by atoms with Crippen LogP contribution in [0.4, 0.5) is 0 Å². The fourth-order valence-electron chi connectivity index (χ4n) is 20.5. The third kappa shape index (κ3) is 13.5. The highest BCUT2D eigenvalue weighted by Crippen LogP contribution is 2.44. The average Bonchev–Trinajstić information content (AvgIpc) is 1.69. The van der Waals surface area contributed by atoms with Crippen LogP contribution in [0.1, 0.15) is 0 Å². The van der Waals surface area contributed by atoms with Gasteiger partial charge in [-0.05, 0) is 178 Å². The van der Waals surface area contributed by atoms with E-state index < -0.39 is 0 Å². The van der Waals surface area contributed by atoms with E-state index in [9.17, 15) is 0 Å². The summed E-state index contributed by atoms with van der Waals surface area (Å²) in [6.45, 7) is 0. The first kappa shape index (κ1) is 77.9. The Morgan fingerprint density at radius 2 is 0.393 bits per heavy atom. The molecule has 0 saturated heterocycles. The molecule has 28 aromatic rings. The third-order valence-electron chi connectivity index (χ3n) is 27.0. The molecule has 0 unspecified atom stereocenters. The predicted molar refractivity (Wildman–Crippen MR) is 565 cm³/mol. The van der Waals surface area contributed by atoms with Gasteiger partial charge in [-0.3, -0.25) is 13.7 Å². The molecule has 0 amide bonds. The van der Waals surface area contributed by atoms with Gasteiger partial charge in [-0.2, -0.15) is 0 Å². The Morgan fingerprint density at radius 1 is 0.126 bits per heavy atom. The van der Waals surface area contributed by atoms with Gasteiger partial charge in [-0.25, -0.2) is 29.9 Å². The maximum absolute atomic E-state index is 5.34. The molecule has 9 nitrogen and oxygen atoms in total. The smallest absolute Gasteiger partial charge is 0.235 e. The number of para-hydroxylation sites is 3. The topological polar surface area (TPSA) is 92.1 Å². The molecule has 22 aromatic carbocycles. The first-order valence-corrected chi connectivity index (χ1v) is 45.9. The van der Waals surface area contributed by atoms with Gasteiger partial charge in [0.05, 0.1) is 66.7 Å². The van der Waals surface area contributed by atoms with E-state index in [1.807, 2.05) is 18.2 Å². The monoisotopic (exact) mass is 1720 g/mol. The minimum Gasteiger partial charge on any atom is -0.278 e. The molecule has 0 atom stereocenters. The molecule has 0 radical (unpaired) electrons. The van der Waals surface area contributed by atoms with Crippen LogP contribution >= 0.6 is 0 Å².